The van der Waals surface area contributed by atoms with Gasteiger partial charge in [-0.1, -0.05) is 109 Å². The highest BCUT2D eigenvalue weighted by Crippen LogP contribution is 2.34. The first kappa shape index (κ1) is 34.5. The number of benzene rings is 6. The average Bonchev–Trinajstić information content (AvgIpc) is 3.15. The van der Waals surface area contributed by atoms with Crippen molar-refractivity contribution in [3.63, 3.8) is 0 Å². The maximum atomic E-state index is 13.7. The Morgan fingerprint density at radius 3 is 2.12 bits per heavy atom. The number of para-hydroxylation sites is 2. The number of amides is 2. The molecule has 0 aliphatic rings. The predicted octanol–water partition coefficient (Wildman–Crippen LogP) is 9.58. The topological polar surface area (TPSA) is 114 Å². The summed E-state index contributed by atoms with van der Waals surface area (Å²) in [5.41, 5.74) is 3.86. The molecule has 0 bridgehead atoms. The Morgan fingerprint density at radius 1 is 0.686 bits per heavy atom. The largest absolute Gasteiger partial charge is 0.489 e. The highest BCUT2D eigenvalue weighted by Gasteiger charge is 2.22. The van der Waals surface area contributed by atoms with Crippen molar-refractivity contribution in [1.29, 1.82) is 0 Å². The van der Waals surface area contributed by atoms with Gasteiger partial charge in [0, 0.05) is 16.1 Å². The SMILES string of the molecule is O=C(O)CC(NC(=O)c1cc(Cl)ccc1NC(=O)c1cccc(OCc2ccccc2)c1)c1ccc(-c2ccccc2Oc2ccccc2)cc1. The normalized spacial score (nSPS) is 11.2. The van der Waals surface area contributed by atoms with Crippen molar-refractivity contribution < 1.29 is 29.0 Å². The third kappa shape index (κ3) is 9.20. The smallest absolute Gasteiger partial charge is 0.305 e. The third-order valence-corrected chi connectivity index (χ3v) is 8.22. The summed E-state index contributed by atoms with van der Waals surface area (Å²) < 4.78 is 12.0. The second kappa shape index (κ2) is 16.3. The van der Waals surface area contributed by atoms with Gasteiger partial charge in [-0.15, -0.1) is 0 Å². The molecule has 0 heterocycles. The predicted molar refractivity (Wildman–Crippen MR) is 197 cm³/mol. The molecular weight excluding hydrogens is 664 g/mol. The number of aliphatic carboxylic acids is 1. The Balaban J connectivity index is 1.18. The number of carboxylic acid groups (broad SMARTS) is 1. The first-order valence-corrected chi connectivity index (χ1v) is 16.5. The zero-order chi connectivity index (χ0) is 35.6. The lowest BCUT2D eigenvalue weighted by Crippen LogP contribution is -2.31. The van der Waals surface area contributed by atoms with E-state index in [-0.39, 0.29) is 22.7 Å². The van der Waals surface area contributed by atoms with E-state index in [2.05, 4.69) is 10.6 Å². The minimum atomic E-state index is -1.10. The third-order valence-electron chi connectivity index (χ3n) is 7.99. The number of carbonyl (C=O) groups excluding carboxylic acids is 2. The van der Waals surface area contributed by atoms with Crippen molar-refractivity contribution in [1.82, 2.24) is 5.32 Å². The van der Waals surface area contributed by atoms with Crippen LogP contribution in [0.25, 0.3) is 11.1 Å². The van der Waals surface area contributed by atoms with Gasteiger partial charge < -0.3 is 25.2 Å². The van der Waals surface area contributed by atoms with E-state index in [1.165, 1.54) is 12.1 Å². The van der Waals surface area contributed by atoms with Gasteiger partial charge >= 0.3 is 5.97 Å². The monoisotopic (exact) mass is 696 g/mol. The van der Waals surface area contributed by atoms with E-state index >= 15 is 0 Å². The van der Waals surface area contributed by atoms with Crippen molar-refractivity contribution in [3.8, 4) is 28.4 Å². The van der Waals surface area contributed by atoms with E-state index < -0.39 is 23.8 Å². The summed E-state index contributed by atoms with van der Waals surface area (Å²) in [4.78, 5) is 39.0. The Bertz CT molecular complexity index is 2140. The van der Waals surface area contributed by atoms with Gasteiger partial charge in [-0.2, -0.15) is 0 Å². The number of carboxylic acids is 1. The van der Waals surface area contributed by atoms with Crippen LogP contribution in [0.3, 0.4) is 0 Å². The molecule has 0 saturated carbocycles. The standard InChI is InChI=1S/C42H33ClN2O6/c43-32-22-23-37(44-41(48)31-12-9-15-34(24-31)50-27-28-10-3-1-4-11-28)36(25-32)42(49)45-38(26-40(46)47)30-20-18-29(19-21-30)35-16-7-8-17-39(35)51-33-13-5-2-6-14-33/h1-25,38H,26-27H2,(H,44,48)(H,45,49)(H,46,47). The molecule has 8 nitrogen and oxygen atoms in total. The molecule has 3 N–H and O–H groups in total. The van der Waals surface area contributed by atoms with Crippen molar-refractivity contribution in [2.75, 3.05) is 5.32 Å². The maximum Gasteiger partial charge on any atom is 0.305 e. The molecule has 2 amide bonds. The van der Waals surface area contributed by atoms with Crippen molar-refractivity contribution >= 4 is 35.1 Å². The van der Waals surface area contributed by atoms with Crippen LogP contribution in [0.5, 0.6) is 17.2 Å². The van der Waals surface area contributed by atoms with Gasteiger partial charge in [0.15, 0.2) is 0 Å². The summed E-state index contributed by atoms with van der Waals surface area (Å²) in [6.45, 7) is 0.337. The zero-order valence-corrected chi connectivity index (χ0v) is 28.0. The number of hydrogen-bond acceptors (Lipinski definition) is 5. The molecule has 51 heavy (non-hydrogen) atoms. The molecule has 6 rings (SSSR count). The van der Waals surface area contributed by atoms with Gasteiger partial charge in [-0.05, 0) is 71.3 Å². The first-order valence-electron chi connectivity index (χ1n) is 16.1. The van der Waals surface area contributed by atoms with E-state index in [9.17, 15) is 19.5 Å². The Morgan fingerprint density at radius 2 is 1.37 bits per heavy atom. The van der Waals surface area contributed by atoms with Crippen LogP contribution >= 0.6 is 11.6 Å². The molecule has 0 radical (unpaired) electrons. The molecule has 0 fully saturated rings. The number of carbonyl (C=O) groups is 3. The lowest BCUT2D eigenvalue weighted by molar-refractivity contribution is -0.137. The van der Waals surface area contributed by atoms with Crippen LogP contribution < -0.4 is 20.1 Å². The zero-order valence-electron chi connectivity index (χ0n) is 27.3. The average molecular weight is 697 g/mol. The molecule has 0 aromatic heterocycles. The number of anilines is 1. The second-order valence-electron chi connectivity index (χ2n) is 11.6. The van der Waals surface area contributed by atoms with Gasteiger partial charge in [-0.3, -0.25) is 14.4 Å². The summed E-state index contributed by atoms with van der Waals surface area (Å²) >= 11 is 6.28. The summed E-state index contributed by atoms with van der Waals surface area (Å²) in [6, 6.07) is 44.3. The van der Waals surface area contributed by atoms with Crippen LogP contribution in [0.2, 0.25) is 5.02 Å². The molecule has 1 atom stereocenters. The lowest BCUT2D eigenvalue weighted by atomic mass is 9.98. The van der Waals surface area contributed by atoms with Gasteiger partial charge in [0.1, 0.15) is 23.9 Å². The molecule has 6 aromatic rings. The number of rotatable bonds is 13. The van der Waals surface area contributed by atoms with Crippen molar-refractivity contribution in [2.24, 2.45) is 0 Å². The Labute approximate surface area is 300 Å². The van der Waals surface area contributed by atoms with E-state index in [1.807, 2.05) is 97.1 Å². The van der Waals surface area contributed by atoms with Gasteiger partial charge in [0.05, 0.1) is 23.7 Å². The fourth-order valence-electron chi connectivity index (χ4n) is 5.44. The number of ether oxygens (including phenoxy) is 2. The maximum absolute atomic E-state index is 13.7. The molecule has 1 unspecified atom stereocenters. The van der Waals surface area contributed by atoms with E-state index in [0.29, 0.717) is 35.0 Å². The number of halogens is 1. The molecule has 9 heteroatoms. The van der Waals surface area contributed by atoms with Crippen molar-refractivity contribution in [2.45, 2.75) is 19.1 Å². The highest BCUT2D eigenvalue weighted by molar-refractivity contribution is 6.31. The number of hydrogen-bond donors (Lipinski definition) is 3. The summed E-state index contributed by atoms with van der Waals surface area (Å²) in [5.74, 6) is -0.303. The number of nitrogens with one attached hydrogen (secondary N) is 2. The first-order chi connectivity index (χ1) is 24.8. The summed E-state index contributed by atoms with van der Waals surface area (Å²) in [6.07, 6.45) is -0.378. The van der Waals surface area contributed by atoms with Crippen LogP contribution in [0.4, 0.5) is 5.69 Å². The van der Waals surface area contributed by atoms with E-state index in [0.717, 1.165) is 16.7 Å². The molecular formula is C42H33ClN2O6. The summed E-state index contributed by atoms with van der Waals surface area (Å²) in [5, 5.41) is 15.6. The molecule has 254 valence electrons. The van der Waals surface area contributed by atoms with Crippen LogP contribution in [0.15, 0.2) is 152 Å². The van der Waals surface area contributed by atoms with Gasteiger partial charge in [0.2, 0.25) is 0 Å². The Hall–Kier alpha value is -6.38. The fourth-order valence-corrected chi connectivity index (χ4v) is 5.62. The van der Waals surface area contributed by atoms with Crippen LogP contribution in [-0.4, -0.2) is 22.9 Å². The lowest BCUT2D eigenvalue weighted by Gasteiger charge is -2.20. The van der Waals surface area contributed by atoms with Gasteiger partial charge in [0.25, 0.3) is 11.8 Å². The Kier molecular flexibility index (Phi) is 11.1. The highest BCUT2D eigenvalue weighted by atomic mass is 35.5. The fraction of sp³-hybridized carbons (Fsp3) is 0.0714. The molecule has 6 aromatic carbocycles. The molecule has 0 aliphatic heterocycles. The quantitative estimate of drug-likeness (QED) is 0.111. The van der Waals surface area contributed by atoms with Gasteiger partial charge in [-0.25, -0.2) is 0 Å². The van der Waals surface area contributed by atoms with E-state index in [4.69, 9.17) is 21.1 Å². The van der Waals surface area contributed by atoms with Crippen LogP contribution in [0, 0.1) is 0 Å². The molecule has 0 saturated heterocycles. The van der Waals surface area contributed by atoms with Crippen molar-refractivity contribution in [3.05, 3.63) is 179 Å². The minimum Gasteiger partial charge on any atom is -0.489 e. The summed E-state index contributed by atoms with van der Waals surface area (Å²) in [7, 11) is 0. The molecule has 0 aliphatic carbocycles. The van der Waals surface area contributed by atoms with E-state index in [1.54, 1.807) is 42.5 Å². The second-order valence-corrected chi connectivity index (χ2v) is 12.0. The van der Waals surface area contributed by atoms with Crippen LogP contribution in [-0.2, 0) is 11.4 Å². The minimum absolute atomic E-state index is 0.0753. The van der Waals surface area contributed by atoms with Crippen LogP contribution in [0.1, 0.15) is 44.3 Å². The molecule has 0 spiro atoms.